The van der Waals surface area contributed by atoms with Crippen LogP contribution in [0, 0.1) is 12.7 Å². The van der Waals surface area contributed by atoms with Crippen LogP contribution in [0.3, 0.4) is 0 Å². The van der Waals surface area contributed by atoms with Crippen molar-refractivity contribution in [1.29, 1.82) is 0 Å². The van der Waals surface area contributed by atoms with E-state index >= 15 is 0 Å². The molecule has 7 heteroatoms. The van der Waals surface area contributed by atoms with E-state index in [2.05, 4.69) is 31.0 Å². The molecule has 1 aromatic heterocycles. The molecule has 1 heterocycles. The third-order valence-electron chi connectivity index (χ3n) is 4.92. The van der Waals surface area contributed by atoms with Crippen molar-refractivity contribution in [2.24, 2.45) is 0 Å². The lowest BCUT2D eigenvalue weighted by Gasteiger charge is -2.21. The van der Waals surface area contributed by atoms with Gasteiger partial charge in [-0.2, -0.15) is 0 Å². The zero-order valence-corrected chi connectivity index (χ0v) is 17.7. The number of hydrogen-bond acceptors (Lipinski definition) is 5. The van der Waals surface area contributed by atoms with Crippen LogP contribution < -0.4 is 4.74 Å². The van der Waals surface area contributed by atoms with Crippen LogP contribution in [0.2, 0.25) is 0 Å². The summed E-state index contributed by atoms with van der Waals surface area (Å²) in [7, 11) is 1.56. The van der Waals surface area contributed by atoms with Gasteiger partial charge in [-0.1, -0.05) is 26.8 Å². The minimum absolute atomic E-state index is 0.107. The second-order valence-electron chi connectivity index (χ2n) is 8.25. The van der Waals surface area contributed by atoms with Crippen LogP contribution in [0.4, 0.5) is 4.39 Å². The normalized spacial score (nSPS) is 12.6. The Morgan fingerprint density at radius 2 is 1.93 bits per heavy atom. The molecule has 0 bridgehead atoms. The summed E-state index contributed by atoms with van der Waals surface area (Å²) in [6.07, 6.45) is -0.302. The molecule has 0 aliphatic rings. The van der Waals surface area contributed by atoms with Gasteiger partial charge >= 0.3 is 5.97 Å². The maximum Gasteiger partial charge on any atom is 0.304 e. The maximum atomic E-state index is 14.6. The smallest absolute Gasteiger partial charge is 0.304 e. The van der Waals surface area contributed by atoms with Gasteiger partial charge in [-0.05, 0) is 52.4 Å². The van der Waals surface area contributed by atoms with Gasteiger partial charge < -0.3 is 14.3 Å². The van der Waals surface area contributed by atoms with E-state index < -0.39 is 17.7 Å². The van der Waals surface area contributed by atoms with Gasteiger partial charge in [-0.15, -0.1) is 10.2 Å². The van der Waals surface area contributed by atoms with Crippen LogP contribution in [0.25, 0.3) is 11.1 Å². The molecule has 0 fully saturated rings. The number of aromatic nitrogens is 2. The predicted molar refractivity (Wildman–Crippen MR) is 110 cm³/mol. The largest absolute Gasteiger partial charge is 0.496 e. The highest BCUT2D eigenvalue weighted by atomic mass is 19.1. The first-order valence-corrected chi connectivity index (χ1v) is 9.59. The molecule has 0 saturated carbocycles. The second-order valence-corrected chi connectivity index (χ2v) is 8.25. The number of benzene rings is 2. The molecular weight excluding hydrogens is 387 g/mol. The monoisotopic (exact) mass is 412 g/mol. The molecule has 30 heavy (non-hydrogen) atoms. The zero-order valence-electron chi connectivity index (χ0n) is 17.7. The van der Waals surface area contributed by atoms with E-state index in [1.54, 1.807) is 20.1 Å². The van der Waals surface area contributed by atoms with Crippen molar-refractivity contribution in [2.75, 3.05) is 7.11 Å². The van der Waals surface area contributed by atoms with Crippen LogP contribution in [-0.2, 0) is 10.2 Å². The number of aliphatic carboxylic acids is 1. The molecule has 0 spiro atoms. The van der Waals surface area contributed by atoms with Gasteiger partial charge in [0.15, 0.2) is 0 Å². The van der Waals surface area contributed by atoms with Gasteiger partial charge in [0.05, 0.1) is 19.4 Å². The number of carboxylic acids is 1. The van der Waals surface area contributed by atoms with Crippen molar-refractivity contribution in [3.63, 3.8) is 0 Å². The van der Waals surface area contributed by atoms with E-state index in [1.807, 2.05) is 18.2 Å². The van der Waals surface area contributed by atoms with E-state index in [9.17, 15) is 14.3 Å². The second kappa shape index (κ2) is 8.26. The van der Waals surface area contributed by atoms with Gasteiger partial charge in [-0.25, -0.2) is 4.39 Å². The number of nitrogens with zero attached hydrogens (tertiary/aromatic N) is 2. The number of aryl methyl sites for hydroxylation is 1. The number of hydrogen-bond donors (Lipinski definition) is 1. The molecule has 6 nitrogen and oxygen atoms in total. The maximum absolute atomic E-state index is 14.6. The van der Waals surface area contributed by atoms with Gasteiger partial charge in [0.2, 0.25) is 11.8 Å². The number of methoxy groups -OCH3 is 1. The quantitative estimate of drug-likeness (QED) is 0.606. The highest BCUT2D eigenvalue weighted by Gasteiger charge is 2.25. The van der Waals surface area contributed by atoms with E-state index in [1.165, 1.54) is 12.1 Å². The van der Waals surface area contributed by atoms with Gasteiger partial charge in [-0.3, -0.25) is 4.79 Å². The number of rotatable bonds is 6. The fraction of sp³-hybridized carbons (Fsp3) is 0.348. The van der Waals surface area contributed by atoms with Crippen molar-refractivity contribution in [3.8, 4) is 16.9 Å². The van der Waals surface area contributed by atoms with E-state index in [-0.39, 0.29) is 17.7 Å². The van der Waals surface area contributed by atoms with Crippen molar-refractivity contribution in [3.05, 3.63) is 65.1 Å². The topological polar surface area (TPSA) is 85.5 Å². The van der Waals surface area contributed by atoms with Gasteiger partial charge in [0.1, 0.15) is 11.6 Å². The first-order valence-electron chi connectivity index (χ1n) is 9.59. The Balaban J connectivity index is 2.16. The molecule has 0 amide bonds. The zero-order chi connectivity index (χ0) is 22.1. The third-order valence-corrected chi connectivity index (χ3v) is 4.92. The molecular formula is C23H25FN2O4. The van der Waals surface area contributed by atoms with Crippen molar-refractivity contribution in [1.82, 2.24) is 10.2 Å². The summed E-state index contributed by atoms with van der Waals surface area (Å²) >= 11 is 0. The SMILES string of the molecule is COc1ccc(C(C)(C)C)cc1-c1cc(F)cc(C(CC(=O)O)c2nnc(C)o2)c1. The fourth-order valence-electron chi connectivity index (χ4n) is 3.34. The van der Waals surface area contributed by atoms with Gasteiger partial charge in [0.25, 0.3) is 0 Å². The molecule has 2 aromatic carbocycles. The van der Waals surface area contributed by atoms with Crippen LogP contribution in [0.15, 0.2) is 40.8 Å². The molecule has 158 valence electrons. The molecule has 1 atom stereocenters. The number of carbonyl (C=O) groups is 1. The summed E-state index contributed by atoms with van der Waals surface area (Å²) in [4.78, 5) is 11.5. The lowest BCUT2D eigenvalue weighted by atomic mass is 9.84. The minimum Gasteiger partial charge on any atom is -0.496 e. The highest BCUT2D eigenvalue weighted by molar-refractivity contribution is 5.73. The third kappa shape index (κ3) is 4.67. The fourth-order valence-corrected chi connectivity index (χ4v) is 3.34. The molecule has 3 aromatic rings. The van der Waals surface area contributed by atoms with Gasteiger partial charge in [0, 0.05) is 12.5 Å². The Kier molecular flexibility index (Phi) is 5.92. The summed E-state index contributed by atoms with van der Waals surface area (Å²) in [6.45, 7) is 7.90. The summed E-state index contributed by atoms with van der Waals surface area (Å²) in [6, 6.07) is 10.3. The Labute approximate surface area is 174 Å². The molecule has 0 aliphatic carbocycles. The van der Waals surface area contributed by atoms with E-state index in [4.69, 9.17) is 9.15 Å². The molecule has 1 N–H and O–H groups in total. The van der Waals surface area contributed by atoms with E-state index in [0.29, 0.717) is 22.8 Å². The standard InChI is InChI=1S/C23H25FN2O4/c1-13-25-26-22(30-13)19(12-21(27)28)15-8-14(9-17(24)10-15)18-11-16(23(2,3)4)6-7-20(18)29-5/h6-11,19H,12H2,1-5H3,(H,27,28). The average molecular weight is 412 g/mol. The summed E-state index contributed by atoms with van der Waals surface area (Å²) in [5.74, 6) is -1.25. The van der Waals surface area contributed by atoms with Crippen LogP contribution in [-0.4, -0.2) is 28.4 Å². The van der Waals surface area contributed by atoms with Crippen molar-refractivity contribution < 1.29 is 23.4 Å². The Morgan fingerprint density at radius 1 is 1.20 bits per heavy atom. The lowest BCUT2D eigenvalue weighted by Crippen LogP contribution is -2.11. The van der Waals surface area contributed by atoms with Crippen molar-refractivity contribution >= 4 is 5.97 Å². The first-order chi connectivity index (χ1) is 14.1. The highest BCUT2D eigenvalue weighted by Crippen LogP contribution is 2.37. The number of ether oxygens (including phenoxy) is 1. The van der Waals surface area contributed by atoms with Crippen LogP contribution in [0.1, 0.15) is 56.0 Å². The molecule has 0 aliphatic heterocycles. The Morgan fingerprint density at radius 3 is 2.50 bits per heavy atom. The average Bonchev–Trinajstić information content (AvgIpc) is 3.10. The summed E-state index contributed by atoms with van der Waals surface area (Å²) < 4.78 is 25.6. The van der Waals surface area contributed by atoms with Crippen molar-refractivity contribution in [2.45, 2.75) is 45.4 Å². The lowest BCUT2D eigenvalue weighted by molar-refractivity contribution is -0.137. The van der Waals surface area contributed by atoms with E-state index in [0.717, 1.165) is 11.1 Å². The Bertz CT molecular complexity index is 1070. The molecule has 1 unspecified atom stereocenters. The first kappa shape index (κ1) is 21.5. The van der Waals surface area contributed by atoms with Crippen LogP contribution in [0.5, 0.6) is 5.75 Å². The Hall–Kier alpha value is -3.22. The predicted octanol–water partition coefficient (Wildman–Crippen LogP) is 5.10. The molecule has 3 rings (SSSR count). The molecule has 0 radical (unpaired) electrons. The number of halogens is 1. The summed E-state index contributed by atoms with van der Waals surface area (Å²) in [5, 5.41) is 17.1. The minimum atomic E-state index is -1.05. The molecule has 0 saturated heterocycles. The van der Waals surface area contributed by atoms with Crippen LogP contribution >= 0.6 is 0 Å². The summed E-state index contributed by atoms with van der Waals surface area (Å²) in [5.41, 5.74) is 2.71. The number of carboxylic acid groups (broad SMARTS) is 1.